The van der Waals surface area contributed by atoms with Crippen molar-refractivity contribution in [3.8, 4) is 11.1 Å². The van der Waals surface area contributed by atoms with Crippen molar-refractivity contribution in [3.05, 3.63) is 59.7 Å². The van der Waals surface area contributed by atoms with Crippen molar-refractivity contribution in [2.75, 3.05) is 13.2 Å². The molecule has 7 nitrogen and oxygen atoms in total. The number of hydrogen-bond acceptors (Lipinski definition) is 4. The van der Waals surface area contributed by atoms with Crippen LogP contribution in [-0.2, 0) is 14.3 Å². The lowest BCUT2D eigenvalue weighted by molar-refractivity contribution is -0.139. The molecule has 0 bridgehead atoms. The quantitative estimate of drug-likeness (QED) is 0.565. The standard InChI is InChI=1S/C26H30N2O5/c1-26(2)12-16(13-26)14-27-24(31)22(11-23(29)30)28-25(32)33-15-21-19-9-5-3-7-17(19)18-8-4-6-10-20(18)21/h3-10,16,21-22H,11-15H2,1-2H3,(H,27,31)(H,28,32)(H,29,30). The Hall–Kier alpha value is -3.35. The highest BCUT2D eigenvalue weighted by atomic mass is 16.5. The predicted octanol–water partition coefficient (Wildman–Crippen LogP) is 3.92. The lowest BCUT2D eigenvalue weighted by atomic mass is 9.64. The van der Waals surface area contributed by atoms with Crippen LogP contribution < -0.4 is 10.6 Å². The minimum absolute atomic E-state index is 0.0957. The van der Waals surface area contributed by atoms with Crippen LogP contribution in [0.25, 0.3) is 11.1 Å². The number of ether oxygens (including phenoxy) is 1. The van der Waals surface area contributed by atoms with E-state index in [1.807, 2.05) is 48.5 Å². The van der Waals surface area contributed by atoms with E-state index in [4.69, 9.17) is 4.74 Å². The highest BCUT2D eigenvalue weighted by Crippen LogP contribution is 2.45. The van der Waals surface area contributed by atoms with E-state index in [1.165, 1.54) is 0 Å². The fraction of sp³-hybridized carbons (Fsp3) is 0.423. The number of carbonyl (C=O) groups excluding carboxylic acids is 2. The topological polar surface area (TPSA) is 105 Å². The third kappa shape index (κ3) is 5.18. The number of fused-ring (bicyclic) bond motifs is 3. The molecule has 0 saturated heterocycles. The molecule has 1 saturated carbocycles. The second-order valence-electron chi connectivity index (χ2n) is 9.80. The lowest BCUT2D eigenvalue weighted by Crippen LogP contribution is -2.50. The van der Waals surface area contributed by atoms with E-state index in [-0.39, 0.29) is 17.9 Å². The molecule has 33 heavy (non-hydrogen) atoms. The van der Waals surface area contributed by atoms with Gasteiger partial charge < -0.3 is 20.5 Å². The van der Waals surface area contributed by atoms with E-state index in [2.05, 4.69) is 24.5 Å². The number of amides is 2. The summed E-state index contributed by atoms with van der Waals surface area (Å²) in [6.07, 6.45) is 0.711. The molecule has 2 amide bonds. The van der Waals surface area contributed by atoms with Gasteiger partial charge in [0.25, 0.3) is 0 Å². The van der Waals surface area contributed by atoms with Crippen molar-refractivity contribution in [1.29, 1.82) is 0 Å². The fourth-order valence-electron chi connectivity index (χ4n) is 5.18. The summed E-state index contributed by atoms with van der Waals surface area (Å²) < 4.78 is 5.46. The van der Waals surface area contributed by atoms with Crippen molar-refractivity contribution in [1.82, 2.24) is 10.6 Å². The number of rotatable bonds is 8. The molecule has 3 N–H and O–H groups in total. The Bertz CT molecular complexity index is 1010. The molecule has 1 unspecified atom stereocenters. The SMILES string of the molecule is CC1(C)CC(CNC(=O)C(CC(=O)O)NC(=O)OCC2c3ccccc3-c3ccccc32)C1. The number of aliphatic carboxylic acids is 1. The van der Waals surface area contributed by atoms with Crippen molar-refractivity contribution in [3.63, 3.8) is 0 Å². The summed E-state index contributed by atoms with van der Waals surface area (Å²) in [6, 6.07) is 14.8. The second kappa shape index (κ2) is 9.25. The first-order valence-corrected chi connectivity index (χ1v) is 11.3. The molecule has 2 aromatic rings. The third-order valence-corrected chi connectivity index (χ3v) is 6.58. The first kappa shape index (κ1) is 22.8. The summed E-state index contributed by atoms with van der Waals surface area (Å²) in [5, 5.41) is 14.4. The number of hydrogen-bond donors (Lipinski definition) is 3. The minimum Gasteiger partial charge on any atom is -0.481 e. The Kier molecular flexibility index (Phi) is 6.40. The van der Waals surface area contributed by atoms with Crippen molar-refractivity contribution in [2.24, 2.45) is 11.3 Å². The zero-order chi connectivity index (χ0) is 23.6. The zero-order valence-corrected chi connectivity index (χ0v) is 19.0. The van der Waals surface area contributed by atoms with Gasteiger partial charge >= 0.3 is 12.1 Å². The van der Waals surface area contributed by atoms with Gasteiger partial charge in [0.15, 0.2) is 0 Å². The fourth-order valence-corrected chi connectivity index (χ4v) is 5.18. The van der Waals surface area contributed by atoms with E-state index in [0.717, 1.165) is 35.1 Å². The molecule has 0 spiro atoms. The van der Waals surface area contributed by atoms with Crippen molar-refractivity contribution in [2.45, 2.75) is 45.1 Å². The first-order valence-electron chi connectivity index (χ1n) is 11.3. The third-order valence-electron chi connectivity index (χ3n) is 6.58. The summed E-state index contributed by atoms with van der Waals surface area (Å²) in [5.41, 5.74) is 4.67. The maximum Gasteiger partial charge on any atom is 0.407 e. The van der Waals surface area contributed by atoms with Gasteiger partial charge in [-0.05, 0) is 46.4 Å². The van der Waals surface area contributed by atoms with Crippen molar-refractivity contribution >= 4 is 18.0 Å². The molecular weight excluding hydrogens is 420 g/mol. The van der Waals surface area contributed by atoms with Crippen LogP contribution in [0.4, 0.5) is 4.79 Å². The monoisotopic (exact) mass is 450 g/mol. The Morgan fingerprint density at radius 3 is 2.15 bits per heavy atom. The number of carboxylic acids is 1. The molecule has 0 aromatic heterocycles. The van der Waals surface area contributed by atoms with Gasteiger partial charge in [-0.25, -0.2) is 4.79 Å². The van der Waals surface area contributed by atoms with Gasteiger partial charge in [-0.15, -0.1) is 0 Å². The Morgan fingerprint density at radius 2 is 1.61 bits per heavy atom. The average molecular weight is 451 g/mol. The highest BCUT2D eigenvalue weighted by molar-refractivity contribution is 5.89. The van der Waals surface area contributed by atoms with Crippen LogP contribution >= 0.6 is 0 Å². The molecule has 174 valence electrons. The minimum atomic E-state index is -1.19. The molecule has 1 fully saturated rings. The van der Waals surface area contributed by atoms with E-state index < -0.39 is 30.4 Å². The lowest BCUT2D eigenvalue weighted by Gasteiger charge is -2.42. The molecule has 0 aliphatic heterocycles. The largest absolute Gasteiger partial charge is 0.481 e. The van der Waals surface area contributed by atoms with Gasteiger partial charge in [-0.2, -0.15) is 0 Å². The predicted molar refractivity (Wildman–Crippen MR) is 124 cm³/mol. The Labute approximate surface area is 193 Å². The first-order chi connectivity index (χ1) is 15.7. The van der Waals surface area contributed by atoms with Crippen molar-refractivity contribution < 1.29 is 24.2 Å². The average Bonchev–Trinajstić information content (AvgIpc) is 3.07. The number of carboxylic acid groups (broad SMARTS) is 1. The normalized spacial score (nSPS) is 17.3. The van der Waals surface area contributed by atoms with Gasteiger partial charge in [0.2, 0.25) is 5.91 Å². The van der Waals surface area contributed by atoms with Crippen LogP contribution in [-0.4, -0.2) is 42.3 Å². The molecule has 1 atom stereocenters. The molecule has 2 aliphatic carbocycles. The molecule has 4 rings (SSSR count). The van der Waals surface area contributed by atoms with Gasteiger partial charge in [-0.3, -0.25) is 9.59 Å². The van der Waals surface area contributed by atoms with Gasteiger partial charge in [0.05, 0.1) is 6.42 Å². The van der Waals surface area contributed by atoms with Gasteiger partial charge in [0.1, 0.15) is 12.6 Å². The summed E-state index contributed by atoms with van der Waals surface area (Å²) >= 11 is 0. The van der Waals surface area contributed by atoms with Crippen LogP contribution in [0.2, 0.25) is 0 Å². The van der Waals surface area contributed by atoms with Gasteiger partial charge in [0, 0.05) is 12.5 Å². The second-order valence-corrected chi connectivity index (χ2v) is 9.80. The van der Waals surface area contributed by atoms with E-state index in [9.17, 15) is 19.5 Å². The zero-order valence-electron chi connectivity index (χ0n) is 19.0. The summed E-state index contributed by atoms with van der Waals surface area (Å²) in [7, 11) is 0. The van der Waals surface area contributed by atoms with Crippen LogP contribution in [0, 0.1) is 11.3 Å². The summed E-state index contributed by atoms with van der Waals surface area (Å²) in [4.78, 5) is 36.3. The highest BCUT2D eigenvalue weighted by Gasteiger charge is 2.36. The molecule has 0 radical (unpaired) electrons. The molecular formula is C26H30N2O5. The van der Waals surface area contributed by atoms with Crippen LogP contribution in [0.5, 0.6) is 0 Å². The van der Waals surface area contributed by atoms with Crippen LogP contribution in [0.3, 0.4) is 0 Å². The number of carbonyl (C=O) groups is 3. The molecule has 7 heteroatoms. The number of nitrogens with one attached hydrogen (secondary N) is 2. The Morgan fingerprint density at radius 1 is 1.03 bits per heavy atom. The van der Waals surface area contributed by atoms with Gasteiger partial charge in [-0.1, -0.05) is 62.4 Å². The smallest absolute Gasteiger partial charge is 0.407 e. The van der Waals surface area contributed by atoms with Crippen LogP contribution in [0.1, 0.15) is 50.2 Å². The van der Waals surface area contributed by atoms with E-state index in [0.29, 0.717) is 12.5 Å². The van der Waals surface area contributed by atoms with E-state index in [1.54, 1.807) is 0 Å². The Balaban J connectivity index is 1.35. The molecule has 2 aromatic carbocycles. The number of benzene rings is 2. The maximum absolute atomic E-state index is 12.6. The number of alkyl carbamates (subject to hydrolysis) is 1. The summed E-state index contributed by atoms with van der Waals surface area (Å²) in [6.45, 7) is 4.93. The summed E-state index contributed by atoms with van der Waals surface area (Å²) in [5.74, 6) is -1.41. The maximum atomic E-state index is 12.6. The molecule has 0 heterocycles. The van der Waals surface area contributed by atoms with Crippen LogP contribution in [0.15, 0.2) is 48.5 Å². The molecule has 2 aliphatic rings. The van der Waals surface area contributed by atoms with E-state index >= 15 is 0 Å².